The van der Waals surface area contributed by atoms with Gasteiger partial charge < -0.3 is 16.8 Å². The molecule has 0 atom stereocenters. The molecule has 0 fully saturated rings. The zero-order valence-corrected chi connectivity index (χ0v) is 15.2. The van der Waals surface area contributed by atoms with Gasteiger partial charge in [0.2, 0.25) is 12.3 Å². The van der Waals surface area contributed by atoms with E-state index in [0.717, 1.165) is 22.3 Å². The van der Waals surface area contributed by atoms with Gasteiger partial charge in [-0.2, -0.15) is 4.57 Å². The molecule has 26 heavy (non-hydrogen) atoms. The van der Waals surface area contributed by atoms with Gasteiger partial charge >= 0.3 is 0 Å². The second-order valence-corrected chi connectivity index (χ2v) is 6.24. The summed E-state index contributed by atoms with van der Waals surface area (Å²) < 4.78 is 3.90. The molecule has 130 valence electrons. The van der Waals surface area contributed by atoms with Crippen LogP contribution in [-0.2, 0) is 6.54 Å². The first-order chi connectivity index (χ1) is 12.2. The van der Waals surface area contributed by atoms with Crippen molar-refractivity contribution in [3.8, 4) is 11.1 Å². The molecule has 0 spiro atoms. The van der Waals surface area contributed by atoms with Gasteiger partial charge in [0.25, 0.3) is 0 Å². The van der Waals surface area contributed by atoms with Gasteiger partial charge in [-0.15, -0.1) is 0 Å². The van der Waals surface area contributed by atoms with Crippen molar-refractivity contribution < 1.29 is 21.8 Å². The first kappa shape index (κ1) is 17.9. The molecule has 0 radical (unpaired) electrons. The van der Waals surface area contributed by atoms with E-state index < -0.39 is 0 Å². The average molecular weight is 363 g/mol. The molecule has 1 aromatic carbocycles. The number of halogens is 1. The molecule has 4 aromatic rings. The first-order valence-corrected chi connectivity index (χ1v) is 8.37. The molecule has 4 rings (SSSR count). The maximum atomic E-state index is 13.1. The number of hydrogen-bond donors (Lipinski definition) is 0. The van der Waals surface area contributed by atoms with Gasteiger partial charge in [0.15, 0.2) is 12.4 Å². The van der Waals surface area contributed by atoms with E-state index in [1.807, 2.05) is 70.0 Å². The summed E-state index contributed by atoms with van der Waals surface area (Å²) in [6.45, 7) is 2.39. The van der Waals surface area contributed by atoms with Crippen molar-refractivity contribution >= 4 is 11.3 Å². The predicted molar refractivity (Wildman–Crippen MR) is 98.5 cm³/mol. The quantitative estimate of drug-likeness (QED) is 0.394. The minimum atomic E-state index is 0. The summed E-state index contributed by atoms with van der Waals surface area (Å²) in [6.07, 6.45) is 5.79. The number of ketones is 1. The standard InChI is InChI=1S/C22H19N2O.ClH/c1-17-8-7-9-18(14-17)20-15-19-10-3-6-13-24(19)22(20)21(25)16-23-11-4-2-5-12-23;/h2-15H,16H2,1H3;1H/q+1;/p-1. The van der Waals surface area contributed by atoms with Gasteiger partial charge in [-0.25, -0.2) is 0 Å². The highest BCUT2D eigenvalue weighted by Gasteiger charge is 2.21. The van der Waals surface area contributed by atoms with E-state index in [9.17, 15) is 4.79 Å². The van der Waals surface area contributed by atoms with Gasteiger partial charge in [-0.1, -0.05) is 42.0 Å². The van der Waals surface area contributed by atoms with E-state index in [1.54, 1.807) is 0 Å². The smallest absolute Gasteiger partial charge is 0.244 e. The summed E-state index contributed by atoms with van der Waals surface area (Å²) in [5.41, 5.74) is 5.00. The second kappa shape index (κ2) is 7.54. The highest BCUT2D eigenvalue weighted by Crippen LogP contribution is 2.29. The van der Waals surface area contributed by atoms with Crippen LogP contribution in [-0.4, -0.2) is 10.2 Å². The largest absolute Gasteiger partial charge is 1.00 e. The van der Waals surface area contributed by atoms with Crippen molar-refractivity contribution in [2.24, 2.45) is 0 Å². The van der Waals surface area contributed by atoms with E-state index >= 15 is 0 Å². The molecule has 0 bridgehead atoms. The fourth-order valence-corrected chi connectivity index (χ4v) is 3.22. The van der Waals surface area contributed by atoms with Crippen LogP contribution in [0.2, 0.25) is 0 Å². The number of aromatic nitrogens is 2. The molecule has 0 saturated heterocycles. The maximum Gasteiger partial charge on any atom is 0.244 e. The van der Waals surface area contributed by atoms with Crippen LogP contribution < -0.4 is 17.0 Å². The van der Waals surface area contributed by atoms with Gasteiger partial charge in [-0.05, 0) is 30.7 Å². The van der Waals surface area contributed by atoms with Crippen LogP contribution in [0.1, 0.15) is 16.1 Å². The van der Waals surface area contributed by atoms with E-state index in [0.29, 0.717) is 6.54 Å². The topological polar surface area (TPSA) is 25.4 Å². The Balaban J connectivity index is 0.00000196. The Kier molecular flexibility index (Phi) is 5.19. The number of benzene rings is 1. The highest BCUT2D eigenvalue weighted by atomic mass is 35.5. The lowest BCUT2D eigenvalue weighted by Gasteiger charge is -2.06. The van der Waals surface area contributed by atoms with Crippen molar-refractivity contribution in [3.05, 3.63) is 96.6 Å². The monoisotopic (exact) mass is 362 g/mol. The van der Waals surface area contributed by atoms with Gasteiger partial charge in [0.1, 0.15) is 5.69 Å². The van der Waals surface area contributed by atoms with E-state index in [1.165, 1.54) is 5.56 Å². The summed E-state index contributed by atoms with van der Waals surface area (Å²) in [5.74, 6) is 0.0962. The number of Topliss-reactive ketones (excluding diaryl/α,β-unsaturated/α-hetero) is 1. The summed E-state index contributed by atoms with van der Waals surface area (Å²) in [5, 5.41) is 0. The van der Waals surface area contributed by atoms with Crippen LogP contribution in [0.4, 0.5) is 0 Å². The average Bonchev–Trinajstić information content (AvgIpc) is 3.02. The van der Waals surface area contributed by atoms with E-state index in [2.05, 4.69) is 31.2 Å². The van der Waals surface area contributed by atoms with Crippen molar-refractivity contribution in [2.45, 2.75) is 13.5 Å². The van der Waals surface area contributed by atoms with Crippen LogP contribution in [0.5, 0.6) is 0 Å². The third-order valence-electron chi connectivity index (χ3n) is 4.38. The lowest BCUT2D eigenvalue weighted by Crippen LogP contribution is -3.00. The van der Waals surface area contributed by atoms with Gasteiger partial charge in [-0.3, -0.25) is 4.79 Å². The van der Waals surface area contributed by atoms with Crippen LogP contribution in [0, 0.1) is 6.92 Å². The van der Waals surface area contributed by atoms with E-state index in [4.69, 9.17) is 0 Å². The molecule has 3 aromatic heterocycles. The minimum Gasteiger partial charge on any atom is -1.00 e. The number of nitrogens with zero attached hydrogens (tertiary/aromatic N) is 2. The van der Waals surface area contributed by atoms with Crippen LogP contribution in [0.15, 0.2) is 85.3 Å². The van der Waals surface area contributed by atoms with Gasteiger partial charge in [0, 0.05) is 29.4 Å². The normalized spacial score (nSPS) is 10.5. The molecule has 0 unspecified atom stereocenters. The Hall–Kier alpha value is -2.91. The second-order valence-electron chi connectivity index (χ2n) is 6.24. The van der Waals surface area contributed by atoms with Crippen LogP contribution >= 0.6 is 0 Å². The summed E-state index contributed by atoms with van der Waals surface area (Å²) in [7, 11) is 0. The fourth-order valence-electron chi connectivity index (χ4n) is 3.22. The number of carbonyl (C=O) groups excluding carboxylic acids is 1. The molecule has 3 heterocycles. The molecule has 0 aliphatic carbocycles. The Morgan fingerprint density at radius 2 is 1.77 bits per heavy atom. The Morgan fingerprint density at radius 1 is 0.962 bits per heavy atom. The number of fused-ring (bicyclic) bond motifs is 1. The van der Waals surface area contributed by atoms with Crippen LogP contribution in [0.25, 0.3) is 16.6 Å². The molecule has 0 N–H and O–H groups in total. The molecular weight excluding hydrogens is 344 g/mol. The zero-order valence-electron chi connectivity index (χ0n) is 14.5. The number of hydrogen-bond acceptors (Lipinski definition) is 1. The lowest BCUT2D eigenvalue weighted by molar-refractivity contribution is -0.683. The fraction of sp³-hybridized carbons (Fsp3) is 0.0909. The molecule has 0 aliphatic heterocycles. The third kappa shape index (κ3) is 3.39. The summed E-state index contributed by atoms with van der Waals surface area (Å²) in [6, 6.07) is 22.2. The lowest BCUT2D eigenvalue weighted by atomic mass is 10.0. The molecule has 0 aliphatic rings. The molecule has 0 amide bonds. The number of pyridine rings is 2. The Bertz CT molecular complexity index is 1050. The molecule has 3 nitrogen and oxygen atoms in total. The van der Waals surface area contributed by atoms with Crippen molar-refractivity contribution in [1.29, 1.82) is 0 Å². The van der Waals surface area contributed by atoms with Crippen LogP contribution in [0.3, 0.4) is 0 Å². The van der Waals surface area contributed by atoms with E-state index in [-0.39, 0.29) is 18.2 Å². The van der Waals surface area contributed by atoms with Gasteiger partial charge in [0.05, 0.1) is 0 Å². The Labute approximate surface area is 159 Å². The Morgan fingerprint density at radius 3 is 2.54 bits per heavy atom. The third-order valence-corrected chi connectivity index (χ3v) is 4.38. The van der Waals surface area contributed by atoms with Crippen molar-refractivity contribution in [1.82, 2.24) is 4.40 Å². The number of rotatable bonds is 4. The maximum absolute atomic E-state index is 13.1. The predicted octanol–water partition coefficient (Wildman–Crippen LogP) is 1.09. The minimum absolute atomic E-state index is 0. The first-order valence-electron chi connectivity index (χ1n) is 8.37. The molecule has 4 heteroatoms. The number of aryl methyl sites for hydroxylation is 1. The molecule has 0 saturated carbocycles. The highest BCUT2D eigenvalue weighted by molar-refractivity contribution is 6.02. The SMILES string of the molecule is Cc1cccc(-c2cc3ccccn3c2C(=O)C[n+]2ccccc2)c1.[Cl-]. The van der Waals surface area contributed by atoms with Crippen molar-refractivity contribution in [3.63, 3.8) is 0 Å². The van der Waals surface area contributed by atoms with Crippen molar-refractivity contribution in [2.75, 3.05) is 0 Å². The zero-order chi connectivity index (χ0) is 17.2. The summed E-state index contributed by atoms with van der Waals surface area (Å²) in [4.78, 5) is 13.1. The molecular formula is C22H19ClN2O. The number of carbonyl (C=O) groups is 1. The summed E-state index contributed by atoms with van der Waals surface area (Å²) >= 11 is 0.